The van der Waals surface area contributed by atoms with Crippen molar-refractivity contribution in [3.8, 4) is 0 Å². The molecule has 0 atom stereocenters. The van der Waals surface area contributed by atoms with Gasteiger partial charge in [0.25, 0.3) is 0 Å². The third kappa shape index (κ3) is 2.40. The predicted octanol–water partition coefficient (Wildman–Crippen LogP) is 3.07. The Balaban J connectivity index is 3.07. The fourth-order valence-electron chi connectivity index (χ4n) is 2.19. The van der Waals surface area contributed by atoms with E-state index in [4.69, 9.17) is 5.73 Å². The van der Waals surface area contributed by atoms with Crippen molar-refractivity contribution < 1.29 is 4.79 Å². The predicted molar refractivity (Wildman–Crippen MR) is 65.0 cm³/mol. The van der Waals surface area contributed by atoms with Crippen molar-refractivity contribution in [3.63, 3.8) is 0 Å². The summed E-state index contributed by atoms with van der Waals surface area (Å²) in [6.07, 6.45) is 3.68. The molecule has 1 aromatic rings. The van der Waals surface area contributed by atoms with E-state index in [2.05, 4.69) is 19.2 Å². The third-order valence-electron chi connectivity index (χ3n) is 2.90. The van der Waals surface area contributed by atoms with E-state index in [0.717, 1.165) is 31.2 Å². The molecule has 0 radical (unpaired) electrons. The summed E-state index contributed by atoms with van der Waals surface area (Å²) in [6.45, 7) is 4.19. The smallest absolute Gasteiger partial charge is 0.228 e. The minimum Gasteiger partial charge on any atom is -0.369 e. The summed E-state index contributed by atoms with van der Waals surface area (Å²) < 4.78 is 0. The van der Waals surface area contributed by atoms with Gasteiger partial charge in [0.1, 0.15) is 0 Å². The van der Waals surface area contributed by atoms with Gasteiger partial charge in [-0.3, -0.25) is 4.79 Å². The van der Waals surface area contributed by atoms with Crippen molar-refractivity contribution in [2.45, 2.75) is 44.9 Å². The van der Waals surface area contributed by atoms with Crippen molar-refractivity contribution >= 4 is 17.2 Å². The zero-order valence-electron chi connectivity index (χ0n) is 9.45. The lowest BCUT2D eigenvalue weighted by Crippen LogP contribution is -2.40. The third-order valence-corrected chi connectivity index (χ3v) is 3.58. The first-order chi connectivity index (χ1) is 7.17. The summed E-state index contributed by atoms with van der Waals surface area (Å²) >= 11 is 1.63. The van der Waals surface area contributed by atoms with E-state index < -0.39 is 5.41 Å². The Kier molecular flexibility index (Phi) is 4.33. The molecule has 15 heavy (non-hydrogen) atoms. The minimum absolute atomic E-state index is 0.176. The maximum atomic E-state index is 11.7. The highest BCUT2D eigenvalue weighted by Crippen LogP contribution is 2.35. The molecular weight excluding hydrogens is 206 g/mol. The van der Waals surface area contributed by atoms with Gasteiger partial charge in [-0.15, -0.1) is 0 Å². The van der Waals surface area contributed by atoms with Gasteiger partial charge >= 0.3 is 0 Å². The highest BCUT2D eigenvalue weighted by Gasteiger charge is 2.36. The summed E-state index contributed by atoms with van der Waals surface area (Å²) in [4.78, 5) is 11.7. The maximum Gasteiger partial charge on any atom is 0.228 e. The molecule has 1 amide bonds. The van der Waals surface area contributed by atoms with Crippen LogP contribution < -0.4 is 5.73 Å². The number of primary amides is 1. The Morgan fingerprint density at radius 3 is 2.33 bits per heavy atom. The molecule has 2 N–H and O–H groups in total. The van der Waals surface area contributed by atoms with E-state index in [0.29, 0.717) is 0 Å². The topological polar surface area (TPSA) is 43.1 Å². The van der Waals surface area contributed by atoms with Gasteiger partial charge in [-0.2, -0.15) is 11.3 Å². The van der Waals surface area contributed by atoms with Gasteiger partial charge in [-0.25, -0.2) is 0 Å². The molecule has 0 spiro atoms. The monoisotopic (exact) mass is 225 g/mol. The molecule has 2 nitrogen and oxygen atoms in total. The lowest BCUT2D eigenvalue weighted by molar-refractivity contribution is -0.124. The van der Waals surface area contributed by atoms with Gasteiger partial charge < -0.3 is 5.73 Å². The standard InChI is InChI=1S/C12H19NOS/c1-3-6-12(7-4-2,11(13)14)10-5-8-15-9-10/h5,8-9H,3-4,6-7H2,1-2H3,(H2,13,14). The van der Waals surface area contributed by atoms with E-state index >= 15 is 0 Å². The second-order valence-electron chi connectivity index (χ2n) is 3.96. The summed E-state index contributed by atoms with van der Waals surface area (Å²) in [7, 11) is 0. The lowest BCUT2D eigenvalue weighted by Gasteiger charge is -2.29. The molecule has 0 aliphatic carbocycles. The van der Waals surface area contributed by atoms with Gasteiger partial charge in [0, 0.05) is 0 Å². The van der Waals surface area contributed by atoms with Crippen LogP contribution in [0.4, 0.5) is 0 Å². The van der Waals surface area contributed by atoms with Crippen LogP contribution in [0.25, 0.3) is 0 Å². The second-order valence-corrected chi connectivity index (χ2v) is 4.74. The molecule has 3 heteroatoms. The largest absolute Gasteiger partial charge is 0.369 e. The molecule has 1 heterocycles. The Labute approximate surface area is 95.5 Å². The molecule has 0 unspecified atom stereocenters. The SMILES string of the molecule is CCCC(CCC)(C(N)=O)c1ccsc1. The fraction of sp³-hybridized carbons (Fsp3) is 0.583. The van der Waals surface area contributed by atoms with E-state index in [-0.39, 0.29) is 5.91 Å². The van der Waals surface area contributed by atoms with Gasteiger partial charge in [0.2, 0.25) is 5.91 Å². The summed E-state index contributed by atoms with van der Waals surface area (Å²) in [6, 6.07) is 2.03. The van der Waals surface area contributed by atoms with Crippen LogP contribution in [0, 0.1) is 0 Å². The zero-order chi connectivity index (χ0) is 11.3. The van der Waals surface area contributed by atoms with Crippen LogP contribution in [0.2, 0.25) is 0 Å². The maximum absolute atomic E-state index is 11.7. The molecule has 0 aliphatic heterocycles. The van der Waals surface area contributed by atoms with Gasteiger partial charge in [0.15, 0.2) is 0 Å². The average Bonchev–Trinajstić information content (AvgIpc) is 2.70. The van der Waals surface area contributed by atoms with Crippen LogP contribution in [0.15, 0.2) is 16.8 Å². The number of rotatable bonds is 6. The Hall–Kier alpha value is -0.830. The quantitative estimate of drug-likeness (QED) is 0.794. The van der Waals surface area contributed by atoms with Crippen LogP contribution in [-0.4, -0.2) is 5.91 Å². The van der Waals surface area contributed by atoms with E-state index in [9.17, 15) is 4.79 Å². The van der Waals surface area contributed by atoms with Crippen molar-refractivity contribution in [1.29, 1.82) is 0 Å². The summed E-state index contributed by atoms with van der Waals surface area (Å²) in [5.41, 5.74) is 6.27. The Morgan fingerprint density at radius 2 is 2.00 bits per heavy atom. The Bertz CT molecular complexity index is 299. The fourth-order valence-corrected chi connectivity index (χ4v) is 2.95. The molecule has 1 aromatic heterocycles. The number of carbonyl (C=O) groups excluding carboxylic acids is 1. The highest BCUT2D eigenvalue weighted by atomic mass is 32.1. The molecular formula is C12H19NOS. The van der Waals surface area contributed by atoms with Crippen LogP contribution in [-0.2, 0) is 10.2 Å². The second kappa shape index (κ2) is 5.31. The molecule has 0 aromatic carbocycles. The molecule has 0 fully saturated rings. The first kappa shape index (κ1) is 12.2. The molecule has 1 rings (SSSR count). The first-order valence-corrected chi connectivity index (χ1v) is 6.44. The van der Waals surface area contributed by atoms with Crippen molar-refractivity contribution in [1.82, 2.24) is 0 Å². The van der Waals surface area contributed by atoms with E-state index in [1.54, 1.807) is 11.3 Å². The highest BCUT2D eigenvalue weighted by molar-refractivity contribution is 7.08. The number of carbonyl (C=O) groups is 1. The van der Waals surface area contributed by atoms with Gasteiger partial charge in [-0.05, 0) is 35.2 Å². The minimum atomic E-state index is -0.427. The van der Waals surface area contributed by atoms with Gasteiger partial charge in [-0.1, -0.05) is 26.7 Å². The number of nitrogens with two attached hydrogens (primary N) is 1. The number of amides is 1. The Morgan fingerprint density at radius 1 is 1.40 bits per heavy atom. The van der Waals surface area contributed by atoms with Crippen molar-refractivity contribution in [2.75, 3.05) is 0 Å². The van der Waals surface area contributed by atoms with Crippen LogP contribution in [0.3, 0.4) is 0 Å². The lowest BCUT2D eigenvalue weighted by atomic mass is 9.74. The van der Waals surface area contributed by atoms with E-state index in [1.807, 2.05) is 11.4 Å². The molecule has 0 saturated carbocycles. The zero-order valence-corrected chi connectivity index (χ0v) is 10.3. The molecule has 0 bridgehead atoms. The number of hydrogen-bond donors (Lipinski definition) is 1. The van der Waals surface area contributed by atoms with Crippen LogP contribution in [0.1, 0.15) is 45.1 Å². The first-order valence-electron chi connectivity index (χ1n) is 5.50. The van der Waals surface area contributed by atoms with E-state index in [1.165, 1.54) is 0 Å². The summed E-state index contributed by atoms with van der Waals surface area (Å²) in [5.74, 6) is -0.176. The van der Waals surface area contributed by atoms with Gasteiger partial charge in [0.05, 0.1) is 5.41 Å². The van der Waals surface area contributed by atoms with Crippen LogP contribution >= 0.6 is 11.3 Å². The van der Waals surface area contributed by atoms with Crippen molar-refractivity contribution in [2.24, 2.45) is 5.73 Å². The normalized spacial score (nSPS) is 11.6. The molecule has 0 saturated heterocycles. The molecule has 84 valence electrons. The number of hydrogen-bond acceptors (Lipinski definition) is 2. The van der Waals surface area contributed by atoms with Crippen LogP contribution in [0.5, 0.6) is 0 Å². The number of thiophene rings is 1. The van der Waals surface area contributed by atoms with Crippen molar-refractivity contribution in [3.05, 3.63) is 22.4 Å². The summed E-state index contributed by atoms with van der Waals surface area (Å²) in [5, 5.41) is 4.06. The average molecular weight is 225 g/mol. The molecule has 0 aliphatic rings.